The lowest BCUT2D eigenvalue weighted by Gasteiger charge is -2.20. The molecule has 0 unspecified atom stereocenters. The molecule has 0 spiro atoms. The minimum absolute atomic E-state index is 0.124. The highest BCUT2D eigenvalue weighted by atomic mass is 32.1. The van der Waals surface area contributed by atoms with Gasteiger partial charge in [0.25, 0.3) is 0 Å². The first-order chi connectivity index (χ1) is 8.87. The summed E-state index contributed by atoms with van der Waals surface area (Å²) in [5.74, 6) is 0. The van der Waals surface area contributed by atoms with Gasteiger partial charge in [0.05, 0.1) is 17.7 Å². The predicted molar refractivity (Wildman–Crippen MR) is 79.5 cm³/mol. The molecule has 5 heteroatoms. The van der Waals surface area contributed by atoms with Gasteiger partial charge in [-0.3, -0.25) is 9.67 Å². The van der Waals surface area contributed by atoms with E-state index >= 15 is 0 Å². The van der Waals surface area contributed by atoms with Crippen molar-refractivity contribution in [1.82, 2.24) is 20.1 Å². The Morgan fingerprint density at radius 2 is 2.05 bits per heavy atom. The minimum atomic E-state index is 0.124. The van der Waals surface area contributed by atoms with Crippen molar-refractivity contribution in [2.24, 2.45) is 0 Å². The molecule has 0 aromatic carbocycles. The SMILES string of the molecule is Cc1nn(Cc2cncs2)c(C)c1CNC(C)(C)C. The van der Waals surface area contributed by atoms with Crippen LogP contribution in [0.5, 0.6) is 0 Å². The van der Waals surface area contributed by atoms with Crippen molar-refractivity contribution in [3.05, 3.63) is 33.5 Å². The minimum Gasteiger partial charge on any atom is -0.308 e. The highest BCUT2D eigenvalue weighted by molar-refractivity contribution is 7.09. The second kappa shape index (κ2) is 5.43. The summed E-state index contributed by atoms with van der Waals surface area (Å²) in [7, 11) is 0. The van der Waals surface area contributed by atoms with Gasteiger partial charge in [0, 0.05) is 34.4 Å². The summed E-state index contributed by atoms with van der Waals surface area (Å²) in [5, 5.41) is 8.17. The monoisotopic (exact) mass is 278 g/mol. The van der Waals surface area contributed by atoms with Gasteiger partial charge >= 0.3 is 0 Å². The molecule has 2 rings (SSSR count). The fraction of sp³-hybridized carbons (Fsp3) is 0.571. The maximum absolute atomic E-state index is 4.64. The van der Waals surface area contributed by atoms with Crippen molar-refractivity contribution in [2.75, 3.05) is 0 Å². The van der Waals surface area contributed by atoms with E-state index in [1.54, 1.807) is 11.3 Å². The van der Waals surface area contributed by atoms with Crippen LogP contribution in [0.3, 0.4) is 0 Å². The van der Waals surface area contributed by atoms with Crippen molar-refractivity contribution in [3.8, 4) is 0 Å². The first kappa shape index (κ1) is 14.2. The van der Waals surface area contributed by atoms with Crippen LogP contribution in [0, 0.1) is 13.8 Å². The Hall–Kier alpha value is -1.20. The summed E-state index contributed by atoms with van der Waals surface area (Å²) in [6, 6.07) is 0. The average Bonchev–Trinajstić information content (AvgIpc) is 2.87. The number of rotatable bonds is 4. The summed E-state index contributed by atoms with van der Waals surface area (Å²) in [4.78, 5) is 5.35. The molecule has 0 aliphatic heterocycles. The molecule has 0 amide bonds. The van der Waals surface area contributed by atoms with E-state index in [0.29, 0.717) is 0 Å². The summed E-state index contributed by atoms with van der Waals surface area (Å²) in [6.07, 6.45) is 1.91. The van der Waals surface area contributed by atoms with Crippen molar-refractivity contribution in [1.29, 1.82) is 0 Å². The quantitative estimate of drug-likeness (QED) is 0.935. The highest BCUT2D eigenvalue weighted by Gasteiger charge is 2.15. The zero-order valence-electron chi connectivity index (χ0n) is 12.3. The Kier molecular flexibility index (Phi) is 4.06. The van der Waals surface area contributed by atoms with Crippen molar-refractivity contribution < 1.29 is 0 Å². The molecule has 2 aromatic heterocycles. The number of hydrogen-bond acceptors (Lipinski definition) is 4. The van der Waals surface area contributed by atoms with E-state index in [0.717, 1.165) is 18.8 Å². The fourth-order valence-corrected chi connectivity index (χ4v) is 2.54. The number of hydrogen-bond donors (Lipinski definition) is 1. The average molecular weight is 278 g/mol. The molecule has 0 bridgehead atoms. The van der Waals surface area contributed by atoms with Gasteiger partial charge < -0.3 is 5.32 Å². The number of nitrogens with one attached hydrogen (secondary N) is 1. The van der Waals surface area contributed by atoms with E-state index in [1.165, 1.54) is 16.1 Å². The number of aryl methyl sites for hydroxylation is 1. The van der Waals surface area contributed by atoms with Crippen molar-refractivity contribution in [2.45, 2.75) is 53.2 Å². The van der Waals surface area contributed by atoms with Crippen LogP contribution in [0.1, 0.15) is 42.6 Å². The Morgan fingerprint density at radius 3 is 2.63 bits per heavy atom. The van der Waals surface area contributed by atoms with Crippen LogP contribution in [0.2, 0.25) is 0 Å². The largest absolute Gasteiger partial charge is 0.308 e. The van der Waals surface area contributed by atoms with Gasteiger partial charge in [0.15, 0.2) is 0 Å². The molecule has 19 heavy (non-hydrogen) atoms. The van der Waals surface area contributed by atoms with E-state index in [1.807, 2.05) is 11.7 Å². The van der Waals surface area contributed by atoms with E-state index < -0.39 is 0 Å². The van der Waals surface area contributed by atoms with Crippen molar-refractivity contribution in [3.63, 3.8) is 0 Å². The molecule has 0 fully saturated rings. The first-order valence-electron chi connectivity index (χ1n) is 6.52. The topological polar surface area (TPSA) is 42.7 Å². The molecule has 0 aliphatic carbocycles. The molecule has 0 saturated heterocycles. The van der Waals surface area contributed by atoms with Gasteiger partial charge in [-0.1, -0.05) is 0 Å². The molecule has 0 saturated carbocycles. The van der Waals surface area contributed by atoms with Crippen LogP contribution in [0.25, 0.3) is 0 Å². The number of thiazole rings is 1. The normalized spacial score (nSPS) is 12.1. The van der Waals surface area contributed by atoms with Crippen molar-refractivity contribution >= 4 is 11.3 Å². The molecule has 4 nitrogen and oxygen atoms in total. The summed E-state index contributed by atoms with van der Waals surface area (Å²) in [6.45, 7) is 12.4. The molecule has 2 aromatic rings. The molecule has 104 valence electrons. The van der Waals surface area contributed by atoms with Crippen LogP contribution < -0.4 is 5.32 Å². The fourth-order valence-electron chi connectivity index (χ4n) is 1.97. The van der Waals surface area contributed by atoms with Gasteiger partial charge in [0.2, 0.25) is 0 Å². The molecule has 1 N–H and O–H groups in total. The van der Waals surface area contributed by atoms with Crippen LogP contribution >= 0.6 is 11.3 Å². The summed E-state index contributed by atoms with van der Waals surface area (Å²) < 4.78 is 2.07. The third-order valence-corrected chi connectivity index (χ3v) is 3.88. The summed E-state index contributed by atoms with van der Waals surface area (Å²) >= 11 is 1.67. The molecule has 2 heterocycles. The Labute approximate surface area is 118 Å². The van der Waals surface area contributed by atoms with Crippen LogP contribution in [0.15, 0.2) is 11.7 Å². The second-order valence-corrected chi connectivity index (χ2v) is 6.85. The van der Waals surface area contributed by atoms with Gasteiger partial charge in [-0.15, -0.1) is 11.3 Å². The van der Waals surface area contributed by atoms with Crippen LogP contribution in [-0.4, -0.2) is 20.3 Å². The van der Waals surface area contributed by atoms with Gasteiger partial charge in [0.1, 0.15) is 0 Å². The Bertz CT molecular complexity index is 535. The van der Waals surface area contributed by atoms with E-state index in [4.69, 9.17) is 0 Å². The zero-order chi connectivity index (χ0) is 14.0. The molecular weight excluding hydrogens is 256 g/mol. The summed E-state index contributed by atoms with van der Waals surface area (Å²) in [5.41, 5.74) is 5.64. The first-order valence-corrected chi connectivity index (χ1v) is 7.40. The zero-order valence-corrected chi connectivity index (χ0v) is 13.1. The van der Waals surface area contributed by atoms with E-state index in [2.05, 4.69) is 54.7 Å². The molecule has 0 radical (unpaired) electrons. The Morgan fingerprint density at radius 1 is 1.32 bits per heavy atom. The lowest BCUT2D eigenvalue weighted by atomic mass is 10.1. The van der Waals surface area contributed by atoms with Crippen LogP contribution in [-0.2, 0) is 13.1 Å². The number of nitrogens with zero attached hydrogens (tertiary/aromatic N) is 3. The molecule has 0 atom stereocenters. The van der Waals surface area contributed by atoms with E-state index in [-0.39, 0.29) is 5.54 Å². The van der Waals surface area contributed by atoms with E-state index in [9.17, 15) is 0 Å². The standard InChI is InChI=1S/C14H22N4S/c1-10-13(7-16-14(3,4)5)11(2)18(17-10)8-12-6-15-9-19-12/h6,9,16H,7-8H2,1-5H3. The maximum atomic E-state index is 4.64. The Balaban J connectivity index is 2.15. The second-order valence-electron chi connectivity index (χ2n) is 5.88. The third kappa shape index (κ3) is 3.64. The van der Waals surface area contributed by atoms with Gasteiger partial charge in [-0.25, -0.2) is 0 Å². The number of aromatic nitrogens is 3. The lowest BCUT2D eigenvalue weighted by molar-refractivity contribution is 0.423. The predicted octanol–water partition coefficient (Wildman–Crippen LogP) is 2.89. The maximum Gasteiger partial charge on any atom is 0.0794 e. The molecule has 0 aliphatic rings. The third-order valence-electron chi connectivity index (χ3n) is 3.12. The van der Waals surface area contributed by atoms with Crippen LogP contribution in [0.4, 0.5) is 0 Å². The molecular formula is C14H22N4S. The smallest absolute Gasteiger partial charge is 0.0794 e. The van der Waals surface area contributed by atoms with Gasteiger partial charge in [-0.2, -0.15) is 5.10 Å². The highest BCUT2D eigenvalue weighted by Crippen LogP contribution is 2.17. The lowest BCUT2D eigenvalue weighted by Crippen LogP contribution is -2.35. The van der Waals surface area contributed by atoms with Gasteiger partial charge in [-0.05, 0) is 34.6 Å².